The first-order chi connectivity index (χ1) is 9.49. The molecule has 1 saturated carbocycles. The second kappa shape index (κ2) is 6.49. The Kier molecular flexibility index (Phi) is 4.92. The Balaban J connectivity index is 2.16. The first-order valence-electron chi connectivity index (χ1n) is 6.42. The van der Waals surface area contributed by atoms with Gasteiger partial charge in [0.15, 0.2) is 0 Å². The van der Waals surface area contributed by atoms with Crippen LogP contribution in [0, 0.1) is 13.7 Å². The van der Waals surface area contributed by atoms with Crippen molar-refractivity contribution in [1.29, 1.82) is 0 Å². The summed E-state index contributed by atoms with van der Waals surface area (Å²) in [6.07, 6.45) is 2.80. The van der Waals surface area contributed by atoms with Gasteiger partial charge in [0.2, 0.25) is 0 Å². The minimum atomic E-state index is -0.538. The molecule has 0 aliphatic heterocycles. The Morgan fingerprint density at radius 2 is 2.10 bits per heavy atom. The van der Waals surface area contributed by atoms with Crippen LogP contribution in [0.5, 0.6) is 0 Å². The van der Waals surface area contributed by atoms with E-state index in [2.05, 4.69) is 5.32 Å². The maximum atomic E-state index is 12.2. The normalized spacial score (nSPS) is 22.3. The van der Waals surface area contributed by atoms with Crippen molar-refractivity contribution in [3.05, 3.63) is 37.4 Å². The summed E-state index contributed by atoms with van der Waals surface area (Å²) in [5, 5.41) is 23.4. The first kappa shape index (κ1) is 15.2. The van der Waals surface area contributed by atoms with Crippen LogP contribution in [0.25, 0.3) is 0 Å². The van der Waals surface area contributed by atoms with Gasteiger partial charge in [0.1, 0.15) is 0 Å². The van der Waals surface area contributed by atoms with Gasteiger partial charge in [0.05, 0.1) is 22.6 Å². The average molecular weight is 390 g/mol. The third-order valence-electron chi connectivity index (χ3n) is 3.45. The largest absolute Gasteiger partial charge is 0.391 e. The van der Waals surface area contributed by atoms with Crippen LogP contribution in [0.4, 0.5) is 5.69 Å². The van der Waals surface area contributed by atoms with E-state index < -0.39 is 11.0 Å². The highest BCUT2D eigenvalue weighted by atomic mass is 127. The maximum Gasteiger partial charge on any atom is 0.270 e. The van der Waals surface area contributed by atoms with Crippen molar-refractivity contribution in [2.24, 2.45) is 0 Å². The SMILES string of the molecule is O=C(N[C@H]1CCCC[C@@H]1O)c1cc([N+](=O)[O-])ccc1I. The number of nitrogens with zero attached hydrogens (tertiary/aromatic N) is 1. The van der Waals surface area contributed by atoms with Gasteiger partial charge in [0, 0.05) is 15.7 Å². The third-order valence-corrected chi connectivity index (χ3v) is 4.39. The Morgan fingerprint density at radius 3 is 2.75 bits per heavy atom. The van der Waals surface area contributed by atoms with Gasteiger partial charge < -0.3 is 10.4 Å². The van der Waals surface area contributed by atoms with Crippen LogP contribution in [-0.4, -0.2) is 28.1 Å². The summed E-state index contributed by atoms with van der Waals surface area (Å²) in [5.74, 6) is -0.371. The molecule has 0 heterocycles. The number of nitrogens with one attached hydrogen (secondary N) is 1. The van der Waals surface area contributed by atoms with Crippen LogP contribution >= 0.6 is 22.6 Å². The minimum absolute atomic E-state index is 0.111. The van der Waals surface area contributed by atoms with Gasteiger partial charge in [-0.3, -0.25) is 14.9 Å². The molecule has 0 spiro atoms. The summed E-state index contributed by atoms with van der Waals surface area (Å²) in [6, 6.07) is 3.91. The number of aliphatic hydroxyl groups is 1. The van der Waals surface area contributed by atoms with Crippen LogP contribution in [-0.2, 0) is 0 Å². The zero-order valence-corrected chi connectivity index (χ0v) is 12.9. The number of hydrogen-bond acceptors (Lipinski definition) is 4. The van der Waals surface area contributed by atoms with Crippen molar-refractivity contribution >= 4 is 34.2 Å². The van der Waals surface area contributed by atoms with E-state index in [4.69, 9.17) is 0 Å². The molecule has 6 nitrogen and oxygen atoms in total. The number of halogens is 1. The van der Waals surface area contributed by atoms with Gasteiger partial charge in [-0.1, -0.05) is 12.8 Å². The van der Waals surface area contributed by atoms with Crippen molar-refractivity contribution in [3.63, 3.8) is 0 Å². The number of carbonyl (C=O) groups excluding carboxylic acids is 1. The molecule has 1 amide bonds. The van der Waals surface area contributed by atoms with Crippen molar-refractivity contribution in [1.82, 2.24) is 5.32 Å². The van der Waals surface area contributed by atoms with Crippen LogP contribution in [0.2, 0.25) is 0 Å². The molecule has 1 fully saturated rings. The number of benzene rings is 1. The van der Waals surface area contributed by atoms with Crippen molar-refractivity contribution in [3.8, 4) is 0 Å². The van der Waals surface area contributed by atoms with E-state index in [0.717, 1.165) is 19.3 Å². The van der Waals surface area contributed by atoms with Crippen LogP contribution in [0.1, 0.15) is 36.0 Å². The summed E-state index contributed by atoms with van der Waals surface area (Å²) >= 11 is 1.97. The molecule has 2 N–H and O–H groups in total. The average Bonchev–Trinajstić information content (AvgIpc) is 2.41. The highest BCUT2D eigenvalue weighted by Gasteiger charge is 2.26. The molecule has 0 aromatic heterocycles. The van der Waals surface area contributed by atoms with Gasteiger partial charge >= 0.3 is 0 Å². The smallest absolute Gasteiger partial charge is 0.270 e. The first-order valence-corrected chi connectivity index (χ1v) is 7.50. The van der Waals surface area contributed by atoms with Crippen molar-refractivity contribution in [2.75, 3.05) is 0 Å². The second-order valence-electron chi connectivity index (χ2n) is 4.85. The fourth-order valence-electron chi connectivity index (χ4n) is 2.33. The van der Waals surface area contributed by atoms with E-state index in [1.165, 1.54) is 12.1 Å². The molecule has 0 bridgehead atoms. The third kappa shape index (κ3) is 3.45. The van der Waals surface area contributed by atoms with E-state index in [1.807, 2.05) is 22.6 Å². The summed E-state index contributed by atoms with van der Waals surface area (Å²) in [7, 11) is 0. The van der Waals surface area contributed by atoms with E-state index in [1.54, 1.807) is 6.07 Å². The van der Waals surface area contributed by atoms with Gasteiger partial charge in [-0.25, -0.2) is 0 Å². The molecular formula is C13H15IN2O4. The van der Waals surface area contributed by atoms with Gasteiger partial charge in [-0.2, -0.15) is 0 Å². The molecule has 7 heteroatoms. The summed E-state index contributed by atoms with van der Waals surface area (Å²) < 4.78 is 0.649. The van der Waals surface area contributed by atoms with Gasteiger partial charge in [-0.05, 0) is 41.5 Å². The lowest BCUT2D eigenvalue weighted by molar-refractivity contribution is -0.384. The Labute approximate surface area is 129 Å². The second-order valence-corrected chi connectivity index (χ2v) is 6.02. The van der Waals surface area contributed by atoms with Gasteiger partial charge in [-0.15, -0.1) is 0 Å². The number of rotatable bonds is 3. The number of nitro groups is 1. The lowest BCUT2D eigenvalue weighted by Crippen LogP contribution is -2.45. The highest BCUT2D eigenvalue weighted by Crippen LogP contribution is 2.22. The fraction of sp³-hybridized carbons (Fsp3) is 0.462. The lowest BCUT2D eigenvalue weighted by atomic mass is 9.92. The minimum Gasteiger partial charge on any atom is -0.391 e. The molecule has 0 unspecified atom stereocenters. The predicted octanol–water partition coefficient (Wildman–Crippen LogP) is 2.23. The van der Waals surface area contributed by atoms with Crippen molar-refractivity contribution < 1.29 is 14.8 Å². The van der Waals surface area contributed by atoms with Crippen LogP contribution in [0.3, 0.4) is 0 Å². The number of non-ortho nitro benzene ring substituents is 1. The van der Waals surface area contributed by atoms with E-state index in [-0.39, 0.29) is 23.2 Å². The fourth-order valence-corrected chi connectivity index (χ4v) is 2.91. The zero-order chi connectivity index (χ0) is 14.7. The summed E-state index contributed by atoms with van der Waals surface area (Å²) in [5.41, 5.74) is 0.164. The lowest BCUT2D eigenvalue weighted by Gasteiger charge is -2.28. The number of nitro benzene ring substituents is 1. The Hall–Kier alpha value is -1.22. The summed E-state index contributed by atoms with van der Waals surface area (Å²) in [4.78, 5) is 22.4. The van der Waals surface area contributed by atoms with E-state index >= 15 is 0 Å². The quantitative estimate of drug-likeness (QED) is 0.471. The number of amides is 1. The van der Waals surface area contributed by atoms with E-state index in [0.29, 0.717) is 9.99 Å². The Bertz CT molecular complexity index is 535. The standard InChI is InChI=1S/C13H15IN2O4/c14-10-6-5-8(16(19)20)7-9(10)13(18)15-11-3-1-2-4-12(11)17/h5-7,11-12,17H,1-4H2,(H,15,18)/t11-,12-/m0/s1. The van der Waals surface area contributed by atoms with Gasteiger partial charge in [0.25, 0.3) is 11.6 Å². The molecule has 108 valence electrons. The topological polar surface area (TPSA) is 92.5 Å². The predicted molar refractivity (Wildman–Crippen MR) is 81.5 cm³/mol. The number of carbonyl (C=O) groups is 1. The molecule has 2 rings (SSSR count). The number of hydrogen-bond donors (Lipinski definition) is 2. The van der Waals surface area contributed by atoms with Crippen LogP contribution in [0.15, 0.2) is 18.2 Å². The Morgan fingerprint density at radius 1 is 1.40 bits per heavy atom. The molecule has 2 atom stereocenters. The maximum absolute atomic E-state index is 12.2. The zero-order valence-electron chi connectivity index (χ0n) is 10.7. The molecule has 1 aliphatic carbocycles. The number of aliphatic hydroxyl groups excluding tert-OH is 1. The monoisotopic (exact) mass is 390 g/mol. The molecule has 20 heavy (non-hydrogen) atoms. The van der Waals surface area contributed by atoms with E-state index in [9.17, 15) is 20.0 Å². The highest BCUT2D eigenvalue weighted by molar-refractivity contribution is 14.1. The molecule has 0 radical (unpaired) electrons. The van der Waals surface area contributed by atoms with Crippen molar-refractivity contribution in [2.45, 2.75) is 37.8 Å². The molecular weight excluding hydrogens is 375 g/mol. The summed E-state index contributed by atoms with van der Waals surface area (Å²) in [6.45, 7) is 0. The molecule has 0 saturated heterocycles. The molecule has 1 aromatic carbocycles. The van der Waals surface area contributed by atoms with Crippen LogP contribution < -0.4 is 5.32 Å². The molecule has 1 aliphatic rings. The molecule has 1 aromatic rings.